The second-order valence-corrected chi connectivity index (χ2v) is 4.72. The van der Waals surface area contributed by atoms with E-state index in [4.69, 9.17) is 4.52 Å². The molecule has 1 N–H and O–H groups in total. The highest BCUT2D eigenvalue weighted by molar-refractivity contribution is 5.46. The van der Waals surface area contributed by atoms with Gasteiger partial charge in [-0.25, -0.2) is 9.97 Å². The Morgan fingerprint density at radius 3 is 2.84 bits per heavy atom. The molecule has 0 bridgehead atoms. The maximum Gasteiger partial charge on any atom is 0.228 e. The van der Waals surface area contributed by atoms with E-state index in [1.54, 1.807) is 12.3 Å². The van der Waals surface area contributed by atoms with Gasteiger partial charge in [0.2, 0.25) is 11.7 Å². The summed E-state index contributed by atoms with van der Waals surface area (Å²) in [4.78, 5) is 12.3. The van der Waals surface area contributed by atoms with Gasteiger partial charge in [-0.05, 0) is 18.5 Å². The molecule has 2 aromatic heterocycles. The molecule has 102 valence electrons. The van der Waals surface area contributed by atoms with Gasteiger partial charge in [-0.3, -0.25) is 0 Å². The second kappa shape index (κ2) is 6.38. The average molecular weight is 261 g/mol. The maximum atomic E-state index is 5.28. The Labute approximate surface area is 112 Å². The lowest BCUT2D eigenvalue weighted by Crippen LogP contribution is -2.35. The normalized spacial score (nSPS) is 12.8. The van der Waals surface area contributed by atoms with E-state index in [1.807, 2.05) is 0 Å². The van der Waals surface area contributed by atoms with E-state index in [9.17, 15) is 0 Å². The Kier molecular flexibility index (Phi) is 4.57. The molecule has 19 heavy (non-hydrogen) atoms. The summed E-state index contributed by atoms with van der Waals surface area (Å²) in [7, 11) is 0. The number of nitrogens with one attached hydrogen (secondary N) is 1. The van der Waals surface area contributed by atoms with Crippen LogP contribution in [0.15, 0.2) is 23.1 Å². The number of aromatic nitrogens is 4. The maximum absolute atomic E-state index is 5.28. The lowest BCUT2D eigenvalue weighted by atomic mass is 10.0. The van der Waals surface area contributed by atoms with Crippen LogP contribution < -0.4 is 5.32 Å². The van der Waals surface area contributed by atoms with E-state index in [0.717, 1.165) is 13.0 Å². The molecule has 0 amide bonds. The third kappa shape index (κ3) is 3.57. The Bertz CT molecular complexity index is 497. The Morgan fingerprint density at radius 1 is 1.37 bits per heavy atom. The highest BCUT2D eigenvalue weighted by atomic mass is 16.5. The van der Waals surface area contributed by atoms with E-state index < -0.39 is 0 Å². The first-order valence-electron chi connectivity index (χ1n) is 6.53. The third-order valence-electron chi connectivity index (χ3n) is 2.94. The van der Waals surface area contributed by atoms with Crippen molar-refractivity contribution in [3.63, 3.8) is 0 Å². The summed E-state index contributed by atoms with van der Waals surface area (Å²) in [5, 5.41) is 7.38. The highest BCUT2D eigenvalue weighted by Gasteiger charge is 2.17. The molecular weight excluding hydrogens is 242 g/mol. The Balaban J connectivity index is 2.09. The molecular formula is C13H19N5O. The molecule has 2 rings (SSSR count). The summed E-state index contributed by atoms with van der Waals surface area (Å²) in [5.74, 6) is 1.65. The quantitative estimate of drug-likeness (QED) is 0.853. The zero-order valence-corrected chi connectivity index (χ0v) is 11.5. The van der Waals surface area contributed by atoms with Crippen molar-refractivity contribution in [1.29, 1.82) is 0 Å². The molecule has 1 atom stereocenters. The van der Waals surface area contributed by atoms with E-state index >= 15 is 0 Å². The fourth-order valence-electron chi connectivity index (χ4n) is 1.86. The smallest absolute Gasteiger partial charge is 0.228 e. The zero-order chi connectivity index (χ0) is 13.7. The van der Waals surface area contributed by atoms with Crippen LogP contribution in [0.3, 0.4) is 0 Å². The van der Waals surface area contributed by atoms with Crippen LogP contribution >= 0.6 is 0 Å². The first kappa shape index (κ1) is 13.6. The van der Waals surface area contributed by atoms with Crippen molar-refractivity contribution >= 4 is 0 Å². The van der Waals surface area contributed by atoms with Gasteiger partial charge in [0, 0.05) is 18.7 Å². The fourth-order valence-corrected chi connectivity index (χ4v) is 1.86. The summed E-state index contributed by atoms with van der Waals surface area (Å²) in [6, 6.07) is 2.10. The zero-order valence-electron chi connectivity index (χ0n) is 11.5. The van der Waals surface area contributed by atoms with Crippen molar-refractivity contribution in [3.8, 4) is 11.5 Å². The molecule has 0 saturated heterocycles. The molecule has 6 nitrogen and oxygen atoms in total. The number of likely N-dealkylation sites (N-methyl/N-ethyl adjacent to an activating group) is 1. The minimum Gasteiger partial charge on any atom is -0.339 e. The van der Waals surface area contributed by atoms with Crippen LogP contribution in [0, 0.1) is 5.92 Å². The molecule has 6 heteroatoms. The lowest BCUT2D eigenvalue weighted by Gasteiger charge is -2.19. The highest BCUT2D eigenvalue weighted by Crippen LogP contribution is 2.14. The molecule has 0 saturated carbocycles. The summed E-state index contributed by atoms with van der Waals surface area (Å²) in [6.07, 6.45) is 3.86. The van der Waals surface area contributed by atoms with Gasteiger partial charge in [0.25, 0.3) is 0 Å². The van der Waals surface area contributed by atoms with Crippen LogP contribution in [0.4, 0.5) is 0 Å². The van der Waals surface area contributed by atoms with Crippen molar-refractivity contribution in [2.24, 2.45) is 5.92 Å². The number of hydrogen-bond donors (Lipinski definition) is 1. The van der Waals surface area contributed by atoms with Crippen LogP contribution in [0.25, 0.3) is 11.5 Å². The third-order valence-corrected chi connectivity index (χ3v) is 2.94. The summed E-state index contributed by atoms with van der Waals surface area (Å²) < 4.78 is 5.28. The van der Waals surface area contributed by atoms with Gasteiger partial charge in [-0.15, -0.1) is 0 Å². The monoisotopic (exact) mass is 261 g/mol. The standard InChI is InChI=1S/C13H19N5O/c1-4-15-11(9(2)3)7-12-17-13(18-19-12)10-5-6-14-8-16-10/h5-6,8-9,11,15H,4,7H2,1-3H3. The predicted molar refractivity (Wildman–Crippen MR) is 71.3 cm³/mol. The second-order valence-electron chi connectivity index (χ2n) is 4.72. The minimum atomic E-state index is 0.337. The van der Waals surface area contributed by atoms with E-state index in [-0.39, 0.29) is 0 Å². The van der Waals surface area contributed by atoms with Gasteiger partial charge in [0.15, 0.2) is 0 Å². The molecule has 1 unspecified atom stereocenters. The van der Waals surface area contributed by atoms with E-state index in [2.05, 4.69) is 46.2 Å². The molecule has 0 aliphatic rings. The van der Waals surface area contributed by atoms with Gasteiger partial charge in [-0.2, -0.15) is 4.98 Å². The van der Waals surface area contributed by atoms with Crippen LogP contribution in [0.1, 0.15) is 26.7 Å². The largest absolute Gasteiger partial charge is 0.339 e. The lowest BCUT2D eigenvalue weighted by molar-refractivity contribution is 0.329. The molecule has 2 heterocycles. The number of nitrogens with zero attached hydrogens (tertiary/aromatic N) is 4. The van der Waals surface area contributed by atoms with Crippen LogP contribution in [0.5, 0.6) is 0 Å². The molecule has 0 aliphatic heterocycles. The fraction of sp³-hybridized carbons (Fsp3) is 0.538. The van der Waals surface area contributed by atoms with Gasteiger partial charge in [0.05, 0.1) is 0 Å². The van der Waals surface area contributed by atoms with Crippen molar-refractivity contribution in [2.45, 2.75) is 33.2 Å². The summed E-state index contributed by atoms with van der Waals surface area (Å²) >= 11 is 0. The molecule has 2 aromatic rings. The van der Waals surface area contributed by atoms with Gasteiger partial charge >= 0.3 is 0 Å². The van der Waals surface area contributed by atoms with Crippen LogP contribution in [-0.2, 0) is 6.42 Å². The van der Waals surface area contributed by atoms with E-state index in [0.29, 0.717) is 29.4 Å². The van der Waals surface area contributed by atoms with Gasteiger partial charge in [0.1, 0.15) is 12.0 Å². The molecule has 0 spiro atoms. The van der Waals surface area contributed by atoms with E-state index in [1.165, 1.54) is 6.33 Å². The van der Waals surface area contributed by atoms with Gasteiger partial charge in [-0.1, -0.05) is 25.9 Å². The van der Waals surface area contributed by atoms with Crippen molar-refractivity contribution in [2.75, 3.05) is 6.54 Å². The Morgan fingerprint density at radius 2 is 2.21 bits per heavy atom. The molecule has 0 fully saturated rings. The Hall–Kier alpha value is -1.82. The average Bonchev–Trinajstić information content (AvgIpc) is 2.88. The summed E-state index contributed by atoms with van der Waals surface area (Å²) in [5.41, 5.74) is 0.676. The SMILES string of the molecule is CCNC(Cc1nc(-c2ccncn2)no1)C(C)C. The van der Waals surface area contributed by atoms with Crippen molar-refractivity contribution in [3.05, 3.63) is 24.5 Å². The first-order chi connectivity index (χ1) is 9.20. The molecule has 0 aliphatic carbocycles. The van der Waals surface area contributed by atoms with Crippen LogP contribution in [0.2, 0.25) is 0 Å². The number of hydrogen-bond acceptors (Lipinski definition) is 6. The topological polar surface area (TPSA) is 76.7 Å². The molecule has 0 aromatic carbocycles. The minimum absolute atomic E-state index is 0.337. The predicted octanol–water partition coefficient (Wildman–Crippen LogP) is 1.70. The van der Waals surface area contributed by atoms with Crippen molar-refractivity contribution in [1.82, 2.24) is 25.4 Å². The summed E-state index contributed by atoms with van der Waals surface area (Å²) in [6.45, 7) is 7.37. The van der Waals surface area contributed by atoms with Crippen molar-refractivity contribution < 1.29 is 4.52 Å². The van der Waals surface area contributed by atoms with Gasteiger partial charge < -0.3 is 9.84 Å². The number of rotatable bonds is 6. The first-order valence-corrected chi connectivity index (χ1v) is 6.53. The molecule has 0 radical (unpaired) electrons. The van der Waals surface area contributed by atoms with Crippen LogP contribution in [-0.4, -0.2) is 32.7 Å².